The number of rotatable bonds is 4. The summed E-state index contributed by atoms with van der Waals surface area (Å²) in [5.74, 6) is 0. The van der Waals surface area contributed by atoms with Crippen molar-refractivity contribution in [3.63, 3.8) is 0 Å². The third kappa shape index (κ3) is 2.52. The van der Waals surface area contributed by atoms with Gasteiger partial charge in [-0.3, -0.25) is 0 Å². The molecule has 2 heterocycles. The standard InChI is InChI=1S/C25H28S2Si/c1-6-17-13-20-21-14-18(7-2)27-23(21)25(22(20)26-17)28(4,5)24-15(3)12-16-10-8-9-11-19(16)24/h8-14,24-25H,6-7H2,1-5H3. The Kier molecular flexibility index (Phi) is 4.35. The fourth-order valence-electron chi connectivity index (χ4n) is 5.54. The van der Waals surface area contributed by atoms with E-state index < -0.39 is 8.07 Å². The summed E-state index contributed by atoms with van der Waals surface area (Å²) < 4.78 is 0. The van der Waals surface area contributed by atoms with Crippen LogP contribution in [0.3, 0.4) is 0 Å². The van der Waals surface area contributed by atoms with E-state index in [9.17, 15) is 0 Å². The lowest BCUT2D eigenvalue weighted by Gasteiger charge is -2.37. The molecule has 0 amide bonds. The molecule has 2 aliphatic carbocycles. The van der Waals surface area contributed by atoms with Crippen molar-refractivity contribution in [3.8, 4) is 11.1 Å². The lowest BCUT2D eigenvalue weighted by molar-refractivity contribution is 1.01. The molecule has 0 bridgehead atoms. The van der Waals surface area contributed by atoms with Crippen LogP contribution in [0, 0.1) is 0 Å². The molecule has 1 aromatic carbocycles. The van der Waals surface area contributed by atoms with Gasteiger partial charge in [0.25, 0.3) is 0 Å². The van der Waals surface area contributed by atoms with Crippen LogP contribution in [0.1, 0.15) is 62.5 Å². The third-order valence-electron chi connectivity index (χ3n) is 6.77. The van der Waals surface area contributed by atoms with Crippen molar-refractivity contribution in [2.24, 2.45) is 0 Å². The Morgan fingerprint density at radius 3 is 2.00 bits per heavy atom. The summed E-state index contributed by atoms with van der Waals surface area (Å²) in [7, 11) is -1.70. The Balaban J connectivity index is 1.69. The zero-order valence-corrected chi connectivity index (χ0v) is 20.1. The van der Waals surface area contributed by atoms with Crippen LogP contribution >= 0.6 is 22.7 Å². The van der Waals surface area contributed by atoms with E-state index in [0.29, 0.717) is 11.1 Å². The molecular formula is C25H28S2Si. The minimum absolute atomic E-state index is 0.617. The number of allylic oxidation sites excluding steroid dienone is 1. The molecule has 0 nitrogen and oxygen atoms in total. The lowest BCUT2D eigenvalue weighted by atomic mass is 10.1. The van der Waals surface area contributed by atoms with Gasteiger partial charge in [0.2, 0.25) is 0 Å². The zero-order valence-electron chi connectivity index (χ0n) is 17.4. The number of benzene rings is 1. The van der Waals surface area contributed by atoms with Gasteiger partial charge in [0.05, 0.1) is 8.07 Å². The Hall–Kier alpha value is -1.42. The Morgan fingerprint density at radius 2 is 1.43 bits per heavy atom. The topological polar surface area (TPSA) is 0 Å². The third-order valence-corrected chi connectivity index (χ3v) is 14.2. The largest absolute Gasteiger partial charge is 0.144 e. The van der Waals surface area contributed by atoms with E-state index >= 15 is 0 Å². The minimum atomic E-state index is -1.70. The first-order valence-corrected chi connectivity index (χ1v) is 15.3. The second-order valence-corrected chi connectivity index (χ2v) is 16.0. The summed E-state index contributed by atoms with van der Waals surface area (Å²) in [6.45, 7) is 12.3. The Labute approximate surface area is 178 Å². The van der Waals surface area contributed by atoms with E-state index in [4.69, 9.17) is 0 Å². The second kappa shape index (κ2) is 6.55. The van der Waals surface area contributed by atoms with Gasteiger partial charge in [-0.25, -0.2) is 0 Å². The highest BCUT2D eigenvalue weighted by Crippen LogP contribution is 2.59. The highest BCUT2D eigenvalue weighted by atomic mass is 32.1. The van der Waals surface area contributed by atoms with Crippen LogP contribution in [0.25, 0.3) is 17.2 Å². The van der Waals surface area contributed by atoms with E-state index in [2.05, 4.69) is 99.0 Å². The number of fused-ring (bicyclic) bond motifs is 4. The minimum Gasteiger partial charge on any atom is -0.144 e. The molecular weight excluding hydrogens is 392 g/mol. The lowest BCUT2D eigenvalue weighted by Crippen LogP contribution is -2.41. The highest BCUT2D eigenvalue weighted by Gasteiger charge is 2.49. The van der Waals surface area contributed by atoms with Crippen LogP contribution in [0.2, 0.25) is 13.1 Å². The molecule has 3 heteroatoms. The van der Waals surface area contributed by atoms with Gasteiger partial charge in [0.15, 0.2) is 0 Å². The molecule has 144 valence electrons. The highest BCUT2D eigenvalue weighted by molar-refractivity contribution is 7.16. The summed E-state index contributed by atoms with van der Waals surface area (Å²) in [4.78, 5) is 6.45. The van der Waals surface area contributed by atoms with Gasteiger partial charge in [-0.15, -0.1) is 22.7 Å². The summed E-state index contributed by atoms with van der Waals surface area (Å²) in [5, 5.41) is 0. The van der Waals surface area contributed by atoms with Crippen molar-refractivity contribution in [1.29, 1.82) is 0 Å². The molecule has 0 spiro atoms. The second-order valence-electron chi connectivity index (χ2n) is 8.89. The maximum absolute atomic E-state index is 2.65. The van der Waals surface area contributed by atoms with Crippen molar-refractivity contribution in [2.75, 3.05) is 0 Å². The molecule has 0 N–H and O–H groups in total. The average Bonchev–Trinajstić information content (AvgIpc) is 3.38. The first-order chi connectivity index (χ1) is 13.5. The molecule has 0 aliphatic heterocycles. The molecule has 5 rings (SSSR count). The first kappa shape index (κ1) is 18.6. The molecule has 2 aliphatic rings. The normalized spacial score (nSPS) is 18.2. The summed E-state index contributed by atoms with van der Waals surface area (Å²) in [6.07, 6.45) is 4.75. The van der Waals surface area contributed by atoms with E-state index in [1.54, 1.807) is 41.8 Å². The van der Waals surface area contributed by atoms with Crippen LogP contribution in [0.15, 0.2) is 42.0 Å². The molecule has 2 aromatic heterocycles. The number of hydrogen-bond donors (Lipinski definition) is 0. The van der Waals surface area contributed by atoms with Gasteiger partial charge < -0.3 is 0 Å². The van der Waals surface area contributed by atoms with Gasteiger partial charge >= 0.3 is 0 Å². The van der Waals surface area contributed by atoms with E-state index in [1.807, 2.05) is 0 Å². The van der Waals surface area contributed by atoms with Crippen LogP contribution in [-0.4, -0.2) is 8.07 Å². The van der Waals surface area contributed by atoms with Crippen molar-refractivity contribution in [2.45, 2.75) is 57.8 Å². The molecule has 0 saturated heterocycles. The van der Waals surface area contributed by atoms with Crippen LogP contribution in [-0.2, 0) is 12.8 Å². The molecule has 28 heavy (non-hydrogen) atoms. The van der Waals surface area contributed by atoms with Gasteiger partial charge in [0.1, 0.15) is 0 Å². The molecule has 0 radical (unpaired) electrons. The maximum Gasteiger partial charge on any atom is 0.0747 e. The number of hydrogen-bond acceptors (Lipinski definition) is 2. The fourth-order valence-corrected chi connectivity index (χ4v) is 14.3. The van der Waals surface area contributed by atoms with Gasteiger partial charge in [0, 0.05) is 30.6 Å². The van der Waals surface area contributed by atoms with Gasteiger partial charge in [-0.2, -0.15) is 0 Å². The van der Waals surface area contributed by atoms with Crippen LogP contribution in [0.4, 0.5) is 0 Å². The molecule has 3 aromatic rings. The quantitative estimate of drug-likeness (QED) is 0.375. The van der Waals surface area contributed by atoms with Crippen LogP contribution in [0.5, 0.6) is 0 Å². The molecule has 1 atom stereocenters. The number of aryl methyl sites for hydroxylation is 2. The summed E-state index contributed by atoms with van der Waals surface area (Å²) in [6, 6.07) is 14.1. The SMILES string of the molecule is CCc1cc2c(s1)C([Si](C)(C)C1C(C)=Cc3ccccc31)c1sc(CC)cc1-2. The van der Waals surface area contributed by atoms with Crippen molar-refractivity contribution in [3.05, 3.63) is 72.6 Å². The average molecular weight is 421 g/mol. The fraction of sp³-hybridized carbons (Fsp3) is 0.360. The van der Waals surface area contributed by atoms with E-state index in [0.717, 1.165) is 12.8 Å². The molecule has 1 unspecified atom stereocenters. The molecule has 0 saturated carbocycles. The van der Waals surface area contributed by atoms with Crippen molar-refractivity contribution >= 4 is 36.8 Å². The van der Waals surface area contributed by atoms with Crippen molar-refractivity contribution in [1.82, 2.24) is 0 Å². The first-order valence-electron chi connectivity index (χ1n) is 10.5. The smallest absolute Gasteiger partial charge is 0.0747 e. The number of thiophene rings is 2. The van der Waals surface area contributed by atoms with E-state index in [-0.39, 0.29) is 0 Å². The van der Waals surface area contributed by atoms with Gasteiger partial charge in [-0.05, 0) is 54.2 Å². The summed E-state index contributed by atoms with van der Waals surface area (Å²) >= 11 is 4.19. The maximum atomic E-state index is 2.65. The summed E-state index contributed by atoms with van der Waals surface area (Å²) in [5.41, 5.74) is 8.97. The van der Waals surface area contributed by atoms with E-state index in [1.165, 1.54) is 5.56 Å². The van der Waals surface area contributed by atoms with Crippen LogP contribution < -0.4 is 0 Å². The zero-order chi connectivity index (χ0) is 19.6. The Morgan fingerprint density at radius 1 is 0.857 bits per heavy atom. The predicted molar refractivity (Wildman–Crippen MR) is 129 cm³/mol. The van der Waals surface area contributed by atoms with Gasteiger partial charge in [-0.1, -0.05) is 62.9 Å². The predicted octanol–water partition coefficient (Wildman–Crippen LogP) is 8.03. The molecule has 0 fully saturated rings. The monoisotopic (exact) mass is 420 g/mol. The Bertz CT molecular complexity index is 1050. The van der Waals surface area contributed by atoms with Crippen molar-refractivity contribution < 1.29 is 0 Å².